The molecule has 0 radical (unpaired) electrons. The fourth-order valence-corrected chi connectivity index (χ4v) is 2.60. The number of aliphatic hydroxyl groups excluding tert-OH is 1. The molecule has 0 bridgehead atoms. The molecule has 0 aliphatic rings. The number of hydrogen-bond donors (Lipinski definition) is 1. The molecule has 1 aromatic heterocycles. The minimum atomic E-state index is 0.0116. The Balaban J connectivity index is 2.14. The highest BCUT2D eigenvalue weighted by Crippen LogP contribution is 2.28. The topological polar surface area (TPSA) is 36.4 Å². The van der Waals surface area contributed by atoms with E-state index in [1.54, 1.807) is 0 Å². The second-order valence-electron chi connectivity index (χ2n) is 5.16. The molecule has 0 unspecified atom stereocenters. The van der Waals surface area contributed by atoms with E-state index in [2.05, 4.69) is 24.0 Å². The van der Waals surface area contributed by atoms with Crippen molar-refractivity contribution in [2.75, 3.05) is 11.9 Å². The summed E-state index contributed by atoms with van der Waals surface area (Å²) >= 11 is 0. The van der Waals surface area contributed by atoms with Gasteiger partial charge in [0.25, 0.3) is 0 Å². The second kappa shape index (κ2) is 5.54. The Hall–Kier alpha value is -2.39. The van der Waals surface area contributed by atoms with Gasteiger partial charge in [0.05, 0.1) is 12.1 Å². The molecule has 1 N–H and O–H groups in total. The van der Waals surface area contributed by atoms with Crippen molar-refractivity contribution >= 4 is 22.4 Å². The zero-order chi connectivity index (χ0) is 14.8. The average Bonchev–Trinajstić information content (AvgIpc) is 2.53. The quantitative estimate of drug-likeness (QED) is 0.791. The molecular weight excluding hydrogens is 260 g/mol. The molecule has 0 aliphatic carbocycles. The number of rotatable bonds is 3. The van der Waals surface area contributed by atoms with Gasteiger partial charge in [0.1, 0.15) is 5.82 Å². The van der Waals surface area contributed by atoms with E-state index in [4.69, 9.17) is 4.98 Å². The fourth-order valence-electron chi connectivity index (χ4n) is 2.60. The van der Waals surface area contributed by atoms with Crippen LogP contribution >= 0.6 is 0 Å². The van der Waals surface area contributed by atoms with Crippen LogP contribution in [0.15, 0.2) is 54.6 Å². The molecule has 3 heteroatoms. The van der Waals surface area contributed by atoms with Crippen LogP contribution in [0.4, 0.5) is 11.5 Å². The van der Waals surface area contributed by atoms with Crippen LogP contribution in [-0.2, 0) is 6.61 Å². The van der Waals surface area contributed by atoms with E-state index >= 15 is 0 Å². The minimum Gasteiger partial charge on any atom is -0.392 e. The molecule has 0 aliphatic heterocycles. The van der Waals surface area contributed by atoms with Gasteiger partial charge in [-0.3, -0.25) is 0 Å². The third-order valence-corrected chi connectivity index (χ3v) is 3.78. The molecule has 0 spiro atoms. The fraction of sp³-hybridized carbons (Fsp3) is 0.167. The van der Waals surface area contributed by atoms with E-state index in [0.717, 1.165) is 28.0 Å². The van der Waals surface area contributed by atoms with Gasteiger partial charge in [-0.1, -0.05) is 36.4 Å². The Morgan fingerprint density at radius 2 is 1.76 bits per heavy atom. The molecule has 2 aromatic carbocycles. The molecule has 0 saturated heterocycles. The van der Waals surface area contributed by atoms with Crippen molar-refractivity contribution in [1.82, 2.24) is 4.98 Å². The number of anilines is 2. The number of fused-ring (bicyclic) bond motifs is 1. The summed E-state index contributed by atoms with van der Waals surface area (Å²) in [5.74, 6) is 0.840. The molecule has 0 saturated carbocycles. The monoisotopic (exact) mass is 278 g/mol. The molecule has 0 atom stereocenters. The molecule has 3 aromatic rings. The lowest BCUT2D eigenvalue weighted by atomic mass is 10.1. The lowest BCUT2D eigenvalue weighted by Crippen LogP contribution is -2.13. The zero-order valence-electron chi connectivity index (χ0n) is 12.2. The summed E-state index contributed by atoms with van der Waals surface area (Å²) < 4.78 is 0. The number of pyridine rings is 1. The SMILES string of the molecule is Cc1ccccc1N(C)c1cc(CO)c2ccccc2n1. The molecule has 3 rings (SSSR count). The maximum absolute atomic E-state index is 9.62. The van der Waals surface area contributed by atoms with Gasteiger partial charge < -0.3 is 10.0 Å². The van der Waals surface area contributed by atoms with Crippen LogP contribution in [0.2, 0.25) is 0 Å². The van der Waals surface area contributed by atoms with Gasteiger partial charge >= 0.3 is 0 Å². The van der Waals surface area contributed by atoms with Crippen LogP contribution in [0.1, 0.15) is 11.1 Å². The zero-order valence-corrected chi connectivity index (χ0v) is 12.2. The third kappa shape index (κ3) is 2.48. The lowest BCUT2D eigenvalue weighted by molar-refractivity contribution is 0.283. The molecule has 0 amide bonds. The normalized spacial score (nSPS) is 10.8. The molecule has 0 fully saturated rings. The van der Waals surface area contributed by atoms with E-state index in [9.17, 15) is 5.11 Å². The number of para-hydroxylation sites is 2. The Morgan fingerprint density at radius 1 is 1.05 bits per heavy atom. The van der Waals surface area contributed by atoms with Crippen molar-refractivity contribution in [2.45, 2.75) is 13.5 Å². The van der Waals surface area contributed by atoms with Crippen molar-refractivity contribution in [1.29, 1.82) is 0 Å². The summed E-state index contributed by atoms with van der Waals surface area (Å²) in [4.78, 5) is 6.77. The number of nitrogens with zero attached hydrogens (tertiary/aromatic N) is 2. The van der Waals surface area contributed by atoms with E-state index in [0.29, 0.717) is 0 Å². The van der Waals surface area contributed by atoms with Crippen molar-refractivity contribution in [3.05, 3.63) is 65.7 Å². The van der Waals surface area contributed by atoms with Crippen molar-refractivity contribution in [3.8, 4) is 0 Å². The number of hydrogen-bond acceptors (Lipinski definition) is 3. The smallest absolute Gasteiger partial charge is 0.133 e. The number of aliphatic hydroxyl groups is 1. The first-order valence-electron chi connectivity index (χ1n) is 6.99. The molecular formula is C18H18N2O. The van der Waals surface area contributed by atoms with Gasteiger partial charge in [0.15, 0.2) is 0 Å². The highest BCUT2D eigenvalue weighted by Gasteiger charge is 2.11. The average molecular weight is 278 g/mol. The number of aromatic nitrogens is 1. The summed E-state index contributed by atoms with van der Waals surface area (Å²) in [6.45, 7) is 2.09. The lowest BCUT2D eigenvalue weighted by Gasteiger charge is -2.21. The Kier molecular flexibility index (Phi) is 3.59. The van der Waals surface area contributed by atoms with Crippen LogP contribution in [-0.4, -0.2) is 17.1 Å². The molecule has 21 heavy (non-hydrogen) atoms. The van der Waals surface area contributed by atoms with E-state index < -0.39 is 0 Å². The highest BCUT2D eigenvalue weighted by atomic mass is 16.3. The van der Waals surface area contributed by atoms with Crippen LogP contribution in [0.25, 0.3) is 10.9 Å². The largest absolute Gasteiger partial charge is 0.392 e. The molecule has 3 nitrogen and oxygen atoms in total. The standard InChI is InChI=1S/C18H18N2O/c1-13-7-3-6-10-17(13)20(2)18-11-14(12-21)15-8-4-5-9-16(15)19-18/h3-11,21H,12H2,1-2H3. The van der Waals surface area contributed by atoms with Crippen LogP contribution < -0.4 is 4.90 Å². The first kappa shape index (κ1) is 13.6. The maximum atomic E-state index is 9.62. The first-order chi connectivity index (χ1) is 10.2. The van der Waals surface area contributed by atoms with E-state index in [1.807, 2.05) is 49.5 Å². The minimum absolute atomic E-state index is 0.0116. The third-order valence-electron chi connectivity index (χ3n) is 3.78. The van der Waals surface area contributed by atoms with Crippen molar-refractivity contribution in [2.24, 2.45) is 0 Å². The first-order valence-corrected chi connectivity index (χ1v) is 6.99. The highest BCUT2D eigenvalue weighted by molar-refractivity contribution is 5.84. The summed E-state index contributed by atoms with van der Waals surface area (Å²) in [5.41, 5.74) is 4.11. The van der Waals surface area contributed by atoms with E-state index in [1.165, 1.54) is 5.56 Å². The van der Waals surface area contributed by atoms with Gasteiger partial charge in [-0.25, -0.2) is 4.98 Å². The predicted molar refractivity (Wildman–Crippen MR) is 86.9 cm³/mol. The van der Waals surface area contributed by atoms with Crippen LogP contribution in [0.5, 0.6) is 0 Å². The molecule has 1 heterocycles. The summed E-state index contributed by atoms with van der Waals surface area (Å²) in [7, 11) is 2.00. The summed E-state index contributed by atoms with van der Waals surface area (Å²) in [6.07, 6.45) is 0. The van der Waals surface area contributed by atoms with Gasteiger partial charge in [-0.15, -0.1) is 0 Å². The van der Waals surface area contributed by atoms with Crippen LogP contribution in [0, 0.1) is 6.92 Å². The Labute approximate surface area is 124 Å². The van der Waals surface area contributed by atoms with Crippen molar-refractivity contribution < 1.29 is 5.11 Å². The Morgan fingerprint density at radius 3 is 2.52 bits per heavy atom. The van der Waals surface area contributed by atoms with E-state index in [-0.39, 0.29) is 6.61 Å². The van der Waals surface area contributed by atoms with Gasteiger partial charge in [-0.2, -0.15) is 0 Å². The van der Waals surface area contributed by atoms with Gasteiger partial charge in [-0.05, 0) is 36.2 Å². The predicted octanol–water partition coefficient (Wildman–Crippen LogP) is 3.80. The van der Waals surface area contributed by atoms with Crippen LogP contribution in [0.3, 0.4) is 0 Å². The Bertz CT molecular complexity index is 783. The van der Waals surface area contributed by atoms with Gasteiger partial charge in [0, 0.05) is 18.1 Å². The number of aryl methyl sites for hydroxylation is 1. The van der Waals surface area contributed by atoms with Crippen molar-refractivity contribution in [3.63, 3.8) is 0 Å². The summed E-state index contributed by atoms with van der Waals surface area (Å²) in [6, 6.07) is 18.1. The summed E-state index contributed by atoms with van der Waals surface area (Å²) in [5, 5.41) is 10.6. The van der Waals surface area contributed by atoms with Gasteiger partial charge in [0.2, 0.25) is 0 Å². The number of benzene rings is 2. The maximum Gasteiger partial charge on any atom is 0.133 e. The second-order valence-corrected chi connectivity index (χ2v) is 5.16. The molecule has 106 valence electrons.